The van der Waals surface area contributed by atoms with Gasteiger partial charge in [0.1, 0.15) is 5.82 Å². The smallest absolute Gasteiger partial charge is 0.189 e. The zero-order chi connectivity index (χ0) is 16.5. The van der Waals surface area contributed by atoms with Crippen LogP contribution < -0.4 is 4.90 Å². The highest BCUT2D eigenvalue weighted by Crippen LogP contribution is 2.27. The van der Waals surface area contributed by atoms with E-state index in [2.05, 4.69) is 20.3 Å². The predicted octanol–water partition coefficient (Wildman–Crippen LogP) is 3.29. The van der Waals surface area contributed by atoms with Gasteiger partial charge in [0.25, 0.3) is 0 Å². The van der Waals surface area contributed by atoms with Crippen LogP contribution in [0.4, 0.5) is 11.5 Å². The molecule has 0 radical (unpaired) electrons. The van der Waals surface area contributed by atoms with E-state index in [4.69, 9.17) is 0 Å². The van der Waals surface area contributed by atoms with Gasteiger partial charge in [0.15, 0.2) is 17.0 Å². The van der Waals surface area contributed by atoms with E-state index in [0.717, 1.165) is 17.2 Å². The van der Waals surface area contributed by atoms with Gasteiger partial charge < -0.3 is 4.90 Å². The maximum Gasteiger partial charge on any atom is 0.189 e. The van der Waals surface area contributed by atoms with Crippen molar-refractivity contribution in [3.8, 4) is 5.69 Å². The Morgan fingerprint density at radius 3 is 2.25 bits per heavy atom. The van der Waals surface area contributed by atoms with Crippen LogP contribution in [0.1, 0.15) is 5.82 Å². The number of benzene rings is 2. The van der Waals surface area contributed by atoms with Gasteiger partial charge in [-0.15, -0.1) is 5.10 Å². The number of hydrogen-bond acceptors (Lipinski definition) is 5. The third-order valence-electron chi connectivity index (χ3n) is 3.86. The molecule has 2 heterocycles. The molecule has 0 aliphatic carbocycles. The molecular formula is C18H16N6. The Balaban J connectivity index is 1.90. The zero-order valence-electron chi connectivity index (χ0n) is 13.5. The van der Waals surface area contributed by atoms with Crippen LogP contribution in [0.25, 0.3) is 16.9 Å². The summed E-state index contributed by atoms with van der Waals surface area (Å²) in [7, 11) is 1.97. The maximum absolute atomic E-state index is 4.58. The second-order valence-corrected chi connectivity index (χ2v) is 5.50. The molecule has 2 aromatic carbocycles. The van der Waals surface area contributed by atoms with Gasteiger partial charge in [-0.25, -0.2) is 9.97 Å². The van der Waals surface area contributed by atoms with Crippen molar-refractivity contribution in [2.24, 2.45) is 0 Å². The number of hydrogen-bond donors (Lipinski definition) is 0. The standard InChI is InChI=1S/C18H16N6/c1-13-19-17(23(2)14-9-5-3-6-10-14)16-18(20-13)24(22-21-16)15-11-7-4-8-12-15/h3-12H,1-2H3. The average Bonchev–Trinajstić information content (AvgIpc) is 3.05. The number of aryl methyl sites for hydroxylation is 1. The molecule has 0 N–H and O–H groups in total. The highest BCUT2D eigenvalue weighted by Gasteiger charge is 2.18. The lowest BCUT2D eigenvalue weighted by atomic mass is 10.3. The van der Waals surface area contributed by atoms with Crippen LogP contribution in [0, 0.1) is 6.92 Å². The zero-order valence-corrected chi connectivity index (χ0v) is 13.5. The van der Waals surface area contributed by atoms with Crippen LogP contribution in [0.5, 0.6) is 0 Å². The fourth-order valence-electron chi connectivity index (χ4n) is 2.66. The van der Waals surface area contributed by atoms with E-state index in [1.165, 1.54) is 0 Å². The fourth-order valence-corrected chi connectivity index (χ4v) is 2.66. The van der Waals surface area contributed by atoms with Gasteiger partial charge in [-0.2, -0.15) is 4.68 Å². The molecule has 2 aromatic heterocycles. The van der Waals surface area contributed by atoms with Gasteiger partial charge in [-0.05, 0) is 31.2 Å². The summed E-state index contributed by atoms with van der Waals surface area (Å²) in [5.74, 6) is 1.42. The van der Waals surface area contributed by atoms with E-state index in [-0.39, 0.29) is 0 Å². The first kappa shape index (κ1) is 14.3. The molecule has 0 aliphatic heterocycles. The van der Waals surface area contributed by atoms with Crippen molar-refractivity contribution < 1.29 is 0 Å². The van der Waals surface area contributed by atoms with E-state index >= 15 is 0 Å². The summed E-state index contributed by atoms with van der Waals surface area (Å²) in [5.41, 5.74) is 3.33. The SMILES string of the molecule is Cc1nc(N(C)c2ccccc2)c2nnn(-c3ccccc3)c2n1. The average molecular weight is 316 g/mol. The Kier molecular flexibility index (Phi) is 3.42. The third kappa shape index (κ3) is 2.38. The number of fused-ring (bicyclic) bond motifs is 1. The van der Waals surface area contributed by atoms with Gasteiger partial charge >= 0.3 is 0 Å². The second-order valence-electron chi connectivity index (χ2n) is 5.50. The quantitative estimate of drug-likeness (QED) is 0.580. The Hall–Kier alpha value is -3.28. The minimum Gasteiger partial charge on any atom is -0.327 e. The van der Waals surface area contributed by atoms with Gasteiger partial charge in [0.2, 0.25) is 0 Å². The second kappa shape index (κ2) is 5.73. The van der Waals surface area contributed by atoms with Gasteiger partial charge in [0.05, 0.1) is 5.69 Å². The molecule has 0 unspecified atom stereocenters. The summed E-state index contributed by atoms with van der Waals surface area (Å²) in [4.78, 5) is 11.1. The lowest BCUT2D eigenvalue weighted by molar-refractivity contribution is 0.816. The number of para-hydroxylation sites is 2. The molecule has 0 amide bonds. The number of nitrogens with zero attached hydrogens (tertiary/aromatic N) is 6. The minimum absolute atomic E-state index is 0.677. The predicted molar refractivity (Wildman–Crippen MR) is 93.7 cm³/mol. The highest BCUT2D eigenvalue weighted by atomic mass is 15.5. The molecular weight excluding hydrogens is 300 g/mol. The largest absolute Gasteiger partial charge is 0.327 e. The molecule has 0 saturated heterocycles. The van der Waals surface area contributed by atoms with Crippen molar-refractivity contribution in [3.63, 3.8) is 0 Å². The van der Waals surface area contributed by atoms with Crippen LogP contribution in [0.15, 0.2) is 60.7 Å². The molecule has 6 nitrogen and oxygen atoms in total. The molecule has 0 fully saturated rings. The molecule has 4 rings (SSSR count). The molecule has 0 spiro atoms. The van der Waals surface area contributed by atoms with E-state index in [0.29, 0.717) is 17.0 Å². The Bertz CT molecular complexity index is 979. The van der Waals surface area contributed by atoms with Crippen molar-refractivity contribution >= 4 is 22.7 Å². The summed E-state index contributed by atoms with van der Waals surface area (Å²) in [6.07, 6.45) is 0. The van der Waals surface area contributed by atoms with Crippen molar-refractivity contribution in [3.05, 3.63) is 66.5 Å². The molecule has 118 valence electrons. The maximum atomic E-state index is 4.58. The Labute approximate surface area is 139 Å². The van der Waals surface area contributed by atoms with Crippen LogP contribution in [-0.2, 0) is 0 Å². The summed E-state index contributed by atoms with van der Waals surface area (Å²) in [6.45, 7) is 1.88. The summed E-state index contributed by atoms with van der Waals surface area (Å²) < 4.78 is 1.74. The minimum atomic E-state index is 0.677. The molecule has 0 saturated carbocycles. The number of rotatable bonds is 3. The van der Waals surface area contributed by atoms with Crippen molar-refractivity contribution in [2.75, 3.05) is 11.9 Å². The first-order chi connectivity index (χ1) is 11.7. The van der Waals surface area contributed by atoms with E-state index in [1.807, 2.05) is 79.5 Å². The number of aromatic nitrogens is 5. The Morgan fingerprint density at radius 1 is 0.875 bits per heavy atom. The molecule has 4 aromatic rings. The first-order valence-corrected chi connectivity index (χ1v) is 7.68. The summed E-state index contributed by atoms with van der Waals surface area (Å²) in [6, 6.07) is 19.9. The van der Waals surface area contributed by atoms with E-state index in [1.54, 1.807) is 4.68 Å². The van der Waals surface area contributed by atoms with Crippen molar-refractivity contribution in [1.29, 1.82) is 0 Å². The normalized spacial score (nSPS) is 10.9. The highest BCUT2D eigenvalue weighted by molar-refractivity contribution is 5.86. The lowest BCUT2D eigenvalue weighted by Gasteiger charge is -2.18. The van der Waals surface area contributed by atoms with Crippen LogP contribution >= 0.6 is 0 Å². The summed E-state index contributed by atoms with van der Waals surface area (Å²) in [5, 5.41) is 8.61. The van der Waals surface area contributed by atoms with Gasteiger partial charge in [-0.1, -0.05) is 41.6 Å². The molecule has 0 aliphatic rings. The van der Waals surface area contributed by atoms with Crippen LogP contribution in [0.3, 0.4) is 0 Å². The van der Waals surface area contributed by atoms with Crippen LogP contribution in [0.2, 0.25) is 0 Å². The van der Waals surface area contributed by atoms with Gasteiger partial charge in [-0.3, -0.25) is 0 Å². The molecule has 0 bridgehead atoms. The van der Waals surface area contributed by atoms with Crippen LogP contribution in [-0.4, -0.2) is 32.0 Å². The van der Waals surface area contributed by atoms with Crippen molar-refractivity contribution in [1.82, 2.24) is 25.0 Å². The van der Waals surface area contributed by atoms with E-state index < -0.39 is 0 Å². The monoisotopic (exact) mass is 316 g/mol. The molecule has 24 heavy (non-hydrogen) atoms. The first-order valence-electron chi connectivity index (χ1n) is 7.68. The molecule has 0 atom stereocenters. The summed E-state index contributed by atoms with van der Waals surface area (Å²) >= 11 is 0. The Morgan fingerprint density at radius 2 is 1.54 bits per heavy atom. The lowest BCUT2D eigenvalue weighted by Crippen LogP contribution is -2.13. The number of anilines is 2. The third-order valence-corrected chi connectivity index (χ3v) is 3.86. The topological polar surface area (TPSA) is 59.7 Å². The van der Waals surface area contributed by atoms with Crippen molar-refractivity contribution in [2.45, 2.75) is 6.92 Å². The fraction of sp³-hybridized carbons (Fsp3) is 0.111. The molecule has 6 heteroatoms. The van der Waals surface area contributed by atoms with Gasteiger partial charge in [0, 0.05) is 12.7 Å². The van der Waals surface area contributed by atoms with E-state index in [9.17, 15) is 0 Å².